The molecule has 5 heteroatoms. The normalized spacial score (nSPS) is 10.9. The third kappa shape index (κ3) is 5.69. The molecule has 0 spiro atoms. The zero-order chi connectivity index (χ0) is 13.4. The van der Waals surface area contributed by atoms with E-state index in [1.165, 1.54) is 12.2 Å². The first-order valence-electron chi connectivity index (χ1n) is 6.38. The number of aromatic nitrogens is 2. The van der Waals surface area contributed by atoms with Crippen molar-refractivity contribution in [1.82, 2.24) is 15.3 Å². The van der Waals surface area contributed by atoms with E-state index in [9.17, 15) is 0 Å². The number of rotatable bonds is 8. The molecule has 0 aliphatic heterocycles. The summed E-state index contributed by atoms with van der Waals surface area (Å²) in [4.78, 5) is 11.0. The molecule has 0 bridgehead atoms. The minimum atomic E-state index is 0.473. The van der Waals surface area contributed by atoms with Gasteiger partial charge in [0, 0.05) is 26.2 Å². The second kappa shape index (κ2) is 8.32. The van der Waals surface area contributed by atoms with E-state index in [1.54, 1.807) is 0 Å². The summed E-state index contributed by atoms with van der Waals surface area (Å²) < 4.78 is 0. The van der Waals surface area contributed by atoms with Gasteiger partial charge in [-0.2, -0.15) is 11.8 Å². The molecule has 1 aromatic heterocycles. The summed E-state index contributed by atoms with van der Waals surface area (Å²) in [6.45, 7) is 6.06. The van der Waals surface area contributed by atoms with Crippen molar-refractivity contribution < 1.29 is 0 Å². The van der Waals surface area contributed by atoms with Gasteiger partial charge < -0.3 is 10.2 Å². The van der Waals surface area contributed by atoms with Crippen molar-refractivity contribution in [1.29, 1.82) is 0 Å². The number of thioether (sulfide) groups is 1. The number of nitrogens with zero attached hydrogens (tertiary/aromatic N) is 3. The summed E-state index contributed by atoms with van der Waals surface area (Å²) in [5, 5.41) is 3.33. The third-order valence-electron chi connectivity index (χ3n) is 2.62. The average Bonchev–Trinajstić information content (AvgIpc) is 2.37. The second-order valence-corrected chi connectivity index (χ2v) is 5.66. The molecular weight excluding hydrogens is 244 g/mol. The summed E-state index contributed by atoms with van der Waals surface area (Å²) >= 11 is 1.88. The molecule has 4 nitrogen and oxygen atoms in total. The van der Waals surface area contributed by atoms with Gasteiger partial charge in [-0.05, 0) is 18.4 Å². The number of hydrogen-bond acceptors (Lipinski definition) is 5. The highest BCUT2D eigenvalue weighted by Crippen LogP contribution is 2.08. The Labute approximate surface area is 115 Å². The Bertz CT molecular complexity index is 326. The molecule has 0 fully saturated rings. The van der Waals surface area contributed by atoms with E-state index in [2.05, 4.69) is 47.3 Å². The van der Waals surface area contributed by atoms with Crippen LogP contribution < -0.4 is 10.2 Å². The zero-order valence-electron chi connectivity index (χ0n) is 11.8. The number of nitrogens with one attached hydrogen (secondary N) is 1. The van der Waals surface area contributed by atoms with Crippen LogP contribution in [0.3, 0.4) is 0 Å². The predicted molar refractivity (Wildman–Crippen MR) is 80.3 cm³/mol. The molecule has 0 atom stereocenters. The maximum Gasteiger partial charge on any atom is 0.146 e. The van der Waals surface area contributed by atoms with E-state index in [1.807, 2.05) is 24.2 Å². The van der Waals surface area contributed by atoms with Crippen LogP contribution in [0.5, 0.6) is 0 Å². The zero-order valence-corrected chi connectivity index (χ0v) is 12.6. The standard InChI is InChI=1S/C13H24N4S/c1-11(2)14-8-12-9-16-13(10-15-12)17(3)6-5-7-18-4/h9-11,14H,5-8H2,1-4H3. The molecule has 0 aromatic carbocycles. The minimum absolute atomic E-state index is 0.473. The Morgan fingerprint density at radius 3 is 2.67 bits per heavy atom. The molecule has 102 valence electrons. The van der Waals surface area contributed by atoms with Crippen LogP contribution in [0.4, 0.5) is 5.82 Å². The van der Waals surface area contributed by atoms with Crippen LogP contribution in [0.1, 0.15) is 26.0 Å². The molecule has 1 N–H and O–H groups in total. The Morgan fingerprint density at radius 1 is 1.33 bits per heavy atom. The Morgan fingerprint density at radius 2 is 2.11 bits per heavy atom. The smallest absolute Gasteiger partial charge is 0.146 e. The van der Waals surface area contributed by atoms with Gasteiger partial charge in [-0.3, -0.25) is 4.98 Å². The number of anilines is 1. The van der Waals surface area contributed by atoms with Crippen molar-refractivity contribution in [3.63, 3.8) is 0 Å². The van der Waals surface area contributed by atoms with Crippen LogP contribution in [0.2, 0.25) is 0 Å². The van der Waals surface area contributed by atoms with Crippen LogP contribution >= 0.6 is 11.8 Å². The van der Waals surface area contributed by atoms with Crippen molar-refractivity contribution >= 4 is 17.6 Å². The molecule has 1 aromatic rings. The van der Waals surface area contributed by atoms with Crippen molar-refractivity contribution in [2.24, 2.45) is 0 Å². The second-order valence-electron chi connectivity index (χ2n) is 4.67. The van der Waals surface area contributed by atoms with Gasteiger partial charge in [-0.15, -0.1) is 0 Å². The highest BCUT2D eigenvalue weighted by Gasteiger charge is 2.03. The SMILES string of the molecule is CSCCCN(C)c1cnc(CNC(C)C)cn1. The molecule has 0 saturated heterocycles. The van der Waals surface area contributed by atoms with Gasteiger partial charge in [0.25, 0.3) is 0 Å². The summed E-state index contributed by atoms with van der Waals surface area (Å²) in [6, 6.07) is 0.473. The van der Waals surface area contributed by atoms with Crippen molar-refractivity contribution in [2.45, 2.75) is 32.9 Å². The van der Waals surface area contributed by atoms with Crippen LogP contribution in [-0.4, -0.2) is 41.6 Å². The Hall–Kier alpha value is -0.810. The minimum Gasteiger partial charge on any atom is -0.358 e. The first-order chi connectivity index (χ1) is 8.63. The fourth-order valence-electron chi connectivity index (χ4n) is 1.51. The first-order valence-corrected chi connectivity index (χ1v) is 7.77. The Balaban J connectivity index is 2.43. The molecule has 1 rings (SSSR count). The fraction of sp³-hybridized carbons (Fsp3) is 0.692. The largest absolute Gasteiger partial charge is 0.358 e. The lowest BCUT2D eigenvalue weighted by atomic mass is 10.3. The summed E-state index contributed by atoms with van der Waals surface area (Å²) in [5.74, 6) is 2.14. The van der Waals surface area contributed by atoms with E-state index in [0.29, 0.717) is 6.04 Å². The maximum absolute atomic E-state index is 4.45. The van der Waals surface area contributed by atoms with Gasteiger partial charge in [0.2, 0.25) is 0 Å². The lowest BCUT2D eigenvalue weighted by molar-refractivity contribution is 0.580. The van der Waals surface area contributed by atoms with Crippen LogP contribution in [-0.2, 0) is 6.54 Å². The van der Waals surface area contributed by atoms with Gasteiger partial charge in [-0.25, -0.2) is 4.98 Å². The summed E-state index contributed by atoms with van der Waals surface area (Å²) in [5.41, 5.74) is 0.991. The third-order valence-corrected chi connectivity index (χ3v) is 3.31. The van der Waals surface area contributed by atoms with Gasteiger partial charge in [0.1, 0.15) is 5.82 Å². The van der Waals surface area contributed by atoms with E-state index in [-0.39, 0.29) is 0 Å². The average molecular weight is 268 g/mol. The quantitative estimate of drug-likeness (QED) is 0.732. The van der Waals surface area contributed by atoms with E-state index in [0.717, 1.165) is 24.6 Å². The first kappa shape index (κ1) is 15.2. The van der Waals surface area contributed by atoms with Gasteiger partial charge in [0.05, 0.1) is 18.1 Å². The highest BCUT2D eigenvalue weighted by atomic mass is 32.2. The van der Waals surface area contributed by atoms with Crippen LogP contribution in [0.15, 0.2) is 12.4 Å². The van der Waals surface area contributed by atoms with Crippen LogP contribution in [0.25, 0.3) is 0 Å². The Kier molecular flexibility index (Phi) is 7.05. The molecule has 0 unspecified atom stereocenters. The van der Waals surface area contributed by atoms with Crippen molar-refractivity contribution in [3.8, 4) is 0 Å². The molecule has 0 aliphatic rings. The predicted octanol–water partition coefficient (Wildman–Crippen LogP) is 2.16. The van der Waals surface area contributed by atoms with Crippen molar-refractivity contribution in [2.75, 3.05) is 30.5 Å². The van der Waals surface area contributed by atoms with Crippen LogP contribution in [0, 0.1) is 0 Å². The van der Waals surface area contributed by atoms with Gasteiger partial charge >= 0.3 is 0 Å². The van der Waals surface area contributed by atoms with Crippen molar-refractivity contribution in [3.05, 3.63) is 18.1 Å². The molecule has 0 aliphatic carbocycles. The molecule has 0 radical (unpaired) electrons. The molecule has 18 heavy (non-hydrogen) atoms. The monoisotopic (exact) mass is 268 g/mol. The lowest BCUT2D eigenvalue weighted by Crippen LogP contribution is -2.23. The molecular formula is C13H24N4S. The molecule has 0 amide bonds. The van der Waals surface area contributed by atoms with E-state index >= 15 is 0 Å². The fourth-order valence-corrected chi connectivity index (χ4v) is 1.92. The summed E-state index contributed by atoms with van der Waals surface area (Å²) in [7, 11) is 2.07. The van der Waals surface area contributed by atoms with Gasteiger partial charge in [-0.1, -0.05) is 13.8 Å². The number of hydrogen-bond donors (Lipinski definition) is 1. The molecule has 1 heterocycles. The maximum atomic E-state index is 4.45. The lowest BCUT2D eigenvalue weighted by Gasteiger charge is -2.17. The topological polar surface area (TPSA) is 41.1 Å². The highest BCUT2D eigenvalue weighted by molar-refractivity contribution is 7.98. The molecule has 0 saturated carbocycles. The summed E-state index contributed by atoms with van der Waals surface area (Å²) in [6.07, 6.45) is 7.03. The van der Waals surface area contributed by atoms with Gasteiger partial charge in [0.15, 0.2) is 0 Å². The van der Waals surface area contributed by atoms with E-state index < -0.39 is 0 Å². The van der Waals surface area contributed by atoms with E-state index in [4.69, 9.17) is 0 Å².